The normalized spacial score (nSPS) is 22.0. The van der Waals surface area contributed by atoms with E-state index in [1.54, 1.807) is 39.8 Å². The van der Waals surface area contributed by atoms with Crippen molar-refractivity contribution in [1.82, 2.24) is 4.90 Å². The second-order valence-electron chi connectivity index (χ2n) is 8.36. The minimum atomic E-state index is -1.14. The third-order valence-corrected chi connectivity index (χ3v) is 6.16. The molecule has 0 radical (unpaired) electrons. The third-order valence-electron chi connectivity index (χ3n) is 6.16. The summed E-state index contributed by atoms with van der Waals surface area (Å²) >= 11 is 0. The Morgan fingerprint density at radius 1 is 1.17 bits per heavy atom. The van der Waals surface area contributed by atoms with E-state index in [9.17, 15) is 19.5 Å². The van der Waals surface area contributed by atoms with E-state index >= 15 is 0 Å². The van der Waals surface area contributed by atoms with Crippen LogP contribution < -0.4 is 0 Å². The van der Waals surface area contributed by atoms with Crippen LogP contribution in [0.1, 0.15) is 66.9 Å². The van der Waals surface area contributed by atoms with Gasteiger partial charge in [-0.25, -0.2) is 0 Å². The predicted octanol–water partition coefficient (Wildman–Crippen LogP) is 3.46. The summed E-state index contributed by atoms with van der Waals surface area (Å²) < 4.78 is 4.92. The van der Waals surface area contributed by atoms with Crippen LogP contribution in [0.2, 0.25) is 0 Å². The molecule has 1 N–H and O–H groups in total. The number of esters is 1. The van der Waals surface area contributed by atoms with Crippen molar-refractivity contribution in [2.24, 2.45) is 5.41 Å². The van der Waals surface area contributed by atoms with Crippen molar-refractivity contribution >= 4 is 17.7 Å². The smallest absolute Gasteiger partial charge is 0.313 e. The molecule has 1 aliphatic rings. The van der Waals surface area contributed by atoms with Crippen LogP contribution in [0.15, 0.2) is 30.3 Å². The topological polar surface area (TPSA) is 83.9 Å². The summed E-state index contributed by atoms with van der Waals surface area (Å²) in [7, 11) is 1.30. The monoisotopic (exact) mass is 405 g/mol. The van der Waals surface area contributed by atoms with E-state index in [0.29, 0.717) is 5.56 Å². The molecule has 29 heavy (non-hydrogen) atoms. The molecule has 1 aromatic rings. The Bertz CT molecular complexity index is 741. The van der Waals surface area contributed by atoms with Crippen molar-refractivity contribution < 1.29 is 24.2 Å². The van der Waals surface area contributed by atoms with Gasteiger partial charge in [0.05, 0.1) is 23.5 Å². The number of ether oxygens (including phenoxy) is 1. The molecule has 1 fully saturated rings. The van der Waals surface area contributed by atoms with E-state index in [1.165, 1.54) is 18.9 Å². The van der Waals surface area contributed by atoms with Crippen LogP contribution in [0.5, 0.6) is 0 Å². The number of aliphatic hydroxyl groups is 1. The molecule has 2 unspecified atom stereocenters. The standard InChI is InChI=1S/C21H29NO5.C2H6/c1-14(23)12-21(15-10-8-7-9-11-15)13-16(24)22(17(21)25)20(4,5)19(2,3)18(26)27-6;1-2/h7-11,16,24H,12-13H2,1-6H3;1-2H3. The maximum atomic E-state index is 13.6. The molecule has 1 amide bonds. The van der Waals surface area contributed by atoms with Crippen LogP contribution >= 0.6 is 0 Å². The van der Waals surface area contributed by atoms with Crippen LogP contribution in [0.3, 0.4) is 0 Å². The van der Waals surface area contributed by atoms with E-state index in [1.807, 2.05) is 32.0 Å². The van der Waals surface area contributed by atoms with Crippen LogP contribution in [-0.2, 0) is 24.5 Å². The second kappa shape index (κ2) is 9.08. The van der Waals surface area contributed by atoms with Gasteiger partial charge in [-0.1, -0.05) is 44.2 Å². The molecule has 2 rings (SSSR count). The molecule has 2 atom stereocenters. The lowest BCUT2D eigenvalue weighted by atomic mass is 9.72. The highest BCUT2D eigenvalue weighted by atomic mass is 16.5. The molecule has 0 aromatic heterocycles. The Labute approximate surface area is 174 Å². The van der Waals surface area contributed by atoms with Gasteiger partial charge in [-0.15, -0.1) is 0 Å². The van der Waals surface area contributed by atoms with Crippen molar-refractivity contribution in [3.05, 3.63) is 35.9 Å². The number of aliphatic hydroxyl groups excluding tert-OH is 1. The minimum Gasteiger partial charge on any atom is -0.469 e. The Kier molecular flexibility index (Phi) is 7.77. The lowest BCUT2D eigenvalue weighted by molar-refractivity contribution is -0.169. The summed E-state index contributed by atoms with van der Waals surface area (Å²) in [5.41, 5.74) is -2.56. The summed E-state index contributed by atoms with van der Waals surface area (Å²) in [5, 5.41) is 10.9. The Balaban J connectivity index is 0.00000204. The molecule has 162 valence electrons. The van der Waals surface area contributed by atoms with Crippen molar-refractivity contribution in [2.75, 3.05) is 7.11 Å². The number of hydrogen-bond acceptors (Lipinski definition) is 5. The number of benzene rings is 1. The summed E-state index contributed by atoms with van der Waals surface area (Å²) in [6.45, 7) is 12.3. The number of nitrogens with zero attached hydrogens (tertiary/aromatic N) is 1. The molecular weight excluding hydrogens is 370 g/mol. The highest BCUT2D eigenvalue weighted by Crippen LogP contribution is 2.48. The number of carbonyl (C=O) groups is 3. The zero-order valence-electron chi connectivity index (χ0n) is 18.9. The zero-order chi connectivity index (χ0) is 22.6. The summed E-state index contributed by atoms with van der Waals surface area (Å²) in [5.74, 6) is -0.957. The first-order valence-corrected chi connectivity index (χ1v) is 10.1. The van der Waals surface area contributed by atoms with Gasteiger partial charge in [-0.05, 0) is 40.2 Å². The molecule has 6 heteroatoms. The average molecular weight is 406 g/mol. The first-order chi connectivity index (χ1) is 13.4. The maximum Gasteiger partial charge on any atom is 0.313 e. The van der Waals surface area contributed by atoms with Gasteiger partial charge in [0, 0.05) is 12.8 Å². The quantitative estimate of drug-likeness (QED) is 0.733. The van der Waals surface area contributed by atoms with Gasteiger partial charge in [0.2, 0.25) is 5.91 Å². The van der Waals surface area contributed by atoms with E-state index in [-0.39, 0.29) is 24.5 Å². The van der Waals surface area contributed by atoms with Crippen molar-refractivity contribution in [1.29, 1.82) is 0 Å². The molecule has 0 aliphatic carbocycles. The molecule has 0 spiro atoms. The molecule has 0 bridgehead atoms. The molecule has 1 heterocycles. The maximum absolute atomic E-state index is 13.6. The number of amides is 1. The van der Waals surface area contributed by atoms with Gasteiger partial charge in [0.1, 0.15) is 12.0 Å². The van der Waals surface area contributed by atoms with E-state index in [0.717, 1.165) is 0 Å². The number of ketones is 1. The number of carbonyl (C=O) groups excluding carboxylic acids is 3. The van der Waals surface area contributed by atoms with Gasteiger partial charge in [-0.2, -0.15) is 0 Å². The average Bonchev–Trinajstić information content (AvgIpc) is 2.93. The van der Waals surface area contributed by atoms with Crippen LogP contribution in [0.4, 0.5) is 0 Å². The van der Waals surface area contributed by atoms with Crippen LogP contribution in [-0.4, -0.2) is 46.5 Å². The first kappa shape index (κ1) is 24.8. The lowest BCUT2D eigenvalue weighted by Gasteiger charge is -2.47. The van der Waals surface area contributed by atoms with E-state index in [2.05, 4.69) is 0 Å². The van der Waals surface area contributed by atoms with Crippen LogP contribution in [0.25, 0.3) is 0 Å². The SMILES string of the molecule is CC.COC(=O)C(C)(C)C(C)(C)N1C(=O)C(CC(C)=O)(c2ccccc2)CC1O. The van der Waals surface area contributed by atoms with Gasteiger partial charge >= 0.3 is 5.97 Å². The zero-order valence-corrected chi connectivity index (χ0v) is 18.9. The van der Waals surface area contributed by atoms with Gasteiger partial charge in [0.25, 0.3) is 0 Å². The molecular formula is C23H35NO5. The van der Waals surface area contributed by atoms with E-state index in [4.69, 9.17) is 4.74 Å². The number of likely N-dealkylation sites (tertiary alicyclic amines) is 1. The molecule has 6 nitrogen and oxygen atoms in total. The minimum absolute atomic E-state index is 0.00185. The van der Waals surface area contributed by atoms with Gasteiger partial charge < -0.3 is 14.7 Å². The first-order valence-electron chi connectivity index (χ1n) is 10.1. The molecule has 1 aromatic carbocycles. The Morgan fingerprint density at radius 2 is 1.69 bits per heavy atom. The van der Waals surface area contributed by atoms with Crippen molar-refractivity contribution in [2.45, 2.75) is 78.5 Å². The summed E-state index contributed by atoms with van der Waals surface area (Å²) in [6.07, 6.45) is -1.02. The fraction of sp³-hybridized carbons (Fsp3) is 0.609. The number of Topliss-reactive ketones (excluding diaryl/α,β-unsaturated/α-hetero) is 1. The molecule has 0 saturated carbocycles. The van der Waals surface area contributed by atoms with Gasteiger partial charge in [0.15, 0.2) is 0 Å². The summed E-state index contributed by atoms with van der Waals surface area (Å²) in [4.78, 5) is 39.4. The largest absolute Gasteiger partial charge is 0.469 e. The number of methoxy groups -OCH3 is 1. The third kappa shape index (κ3) is 4.22. The highest BCUT2D eigenvalue weighted by molar-refractivity contribution is 5.96. The fourth-order valence-corrected chi connectivity index (χ4v) is 3.96. The van der Waals surface area contributed by atoms with Crippen LogP contribution in [0, 0.1) is 5.41 Å². The predicted molar refractivity (Wildman–Crippen MR) is 112 cm³/mol. The lowest BCUT2D eigenvalue weighted by Crippen LogP contribution is -2.61. The van der Waals surface area contributed by atoms with Gasteiger partial charge in [-0.3, -0.25) is 14.4 Å². The number of rotatable bonds is 6. The van der Waals surface area contributed by atoms with Crippen molar-refractivity contribution in [3.63, 3.8) is 0 Å². The fourth-order valence-electron chi connectivity index (χ4n) is 3.96. The molecule has 1 aliphatic heterocycles. The van der Waals surface area contributed by atoms with Crippen molar-refractivity contribution in [3.8, 4) is 0 Å². The molecule has 1 saturated heterocycles. The van der Waals surface area contributed by atoms with E-state index < -0.39 is 28.6 Å². The highest BCUT2D eigenvalue weighted by Gasteiger charge is 2.60. The second-order valence-corrected chi connectivity index (χ2v) is 8.36. The Morgan fingerprint density at radius 3 is 2.14 bits per heavy atom. The summed E-state index contributed by atoms with van der Waals surface area (Å²) in [6, 6.07) is 9.06. The number of hydrogen-bond donors (Lipinski definition) is 1. The Hall–Kier alpha value is -2.21.